The minimum Gasteiger partial charge on any atom is -0.377 e. The Bertz CT molecular complexity index is 311. The van der Waals surface area contributed by atoms with Crippen LogP contribution in [0.15, 0.2) is 30.3 Å². The van der Waals surface area contributed by atoms with E-state index < -0.39 is 0 Å². The molecule has 1 aromatic rings. The lowest BCUT2D eigenvalue weighted by Crippen LogP contribution is -2.16. The molecule has 0 saturated carbocycles. The lowest BCUT2D eigenvalue weighted by Gasteiger charge is -2.04. The van der Waals surface area contributed by atoms with Gasteiger partial charge in [0.05, 0.1) is 6.61 Å². The summed E-state index contributed by atoms with van der Waals surface area (Å²) in [5, 5.41) is 2.62. The van der Waals surface area contributed by atoms with Crippen LogP contribution >= 0.6 is 0 Å². The first-order chi connectivity index (χ1) is 8.33. The smallest absolute Gasteiger partial charge is 0.219 e. The molecular formula is C14H21NO2. The SMILES string of the molecule is CNC(=O)CCCCCOCc1ccccc1. The van der Waals surface area contributed by atoms with Crippen molar-refractivity contribution >= 4 is 5.91 Å². The molecule has 1 rings (SSSR count). The summed E-state index contributed by atoms with van der Waals surface area (Å²) in [7, 11) is 1.67. The van der Waals surface area contributed by atoms with E-state index in [1.54, 1.807) is 7.05 Å². The van der Waals surface area contributed by atoms with Crippen LogP contribution in [0.4, 0.5) is 0 Å². The maximum atomic E-state index is 10.9. The fourth-order valence-corrected chi connectivity index (χ4v) is 1.56. The zero-order valence-corrected chi connectivity index (χ0v) is 10.4. The second kappa shape index (κ2) is 8.76. The fourth-order valence-electron chi connectivity index (χ4n) is 1.56. The highest BCUT2D eigenvalue weighted by molar-refractivity contribution is 5.75. The Kier molecular flexibility index (Phi) is 7.07. The number of carbonyl (C=O) groups excluding carboxylic acids is 1. The zero-order valence-electron chi connectivity index (χ0n) is 10.4. The first-order valence-electron chi connectivity index (χ1n) is 6.15. The summed E-state index contributed by atoms with van der Waals surface area (Å²) in [5.41, 5.74) is 1.21. The van der Waals surface area contributed by atoms with Crippen molar-refractivity contribution in [2.24, 2.45) is 0 Å². The second-order valence-electron chi connectivity index (χ2n) is 4.02. The van der Waals surface area contributed by atoms with Crippen molar-refractivity contribution in [3.63, 3.8) is 0 Å². The molecule has 1 amide bonds. The molecule has 3 nitrogen and oxygen atoms in total. The van der Waals surface area contributed by atoms with E-state index in [-0.39, 0.29) is 5.91 Å². The third-order valence-electron chi connectivity index (χ3n) is 2.58. The number of hydrogen-bond donors (Lipinski definition) is 1. The predicted octanol–water partition coefficient (Wildman–Crippen LogP) is 2.51. The van der Waals surface area contributed by atoms with E-state index in [2.05, 4.69) is 17.4 Å². The van der Waals surface area contributed by atoms with Crippen LogP contribution in [0.1, 0.15) is 31.2 Å². The summed E-state index contributed by atoms with van der Waals surface area (Å²) in [6, 6.07) is 10.2. The lowest BCUT2D eigenvalue weighted by atomic mass is 10.2. The van der Waals surface area contributed by atoms with Crippen LogP contribution < -0.4 is 5.32 Å². The third-order valence-corrected chi connectivity index (χ3v) is 2.58. The summed E-state index contributed by atoms with van der Waals surface area (Å²) in [5.74, 6) is 0.121. The topological polar surface area (TPSA) is 38.3 Å². The molecule has 17 heavy (non-hydrogen) atoms. The normalized spacial score (nSPS) is 10.2. The highest BCUT2D eigenvalue weighted by Crippen LogP contribution is 2.03. The molecule has 1 N–H and O–H groups in total. The number of carbonyl (C=O) groups is 1. The lowest BCUT2D eigenvalue weighted by molar-refractivity contribution is -0.120. The van der Waals surface area contributed by atoms with Crippen LogP contribution in [0.2, 0.25) is 0 Å². The fraction of sp³-hybridized carbons (Fsp3) is 0.500. The minimum atomic E-state index is 0.121. The Morgan fingerprint density at radius 2 is 1.94 bits per heavy atom. The average Bonchev–Trinajstić information content (AvgIpc) is 2.38. The Balaban J connectivity index is 1.93. The molecule has 0 saturated heterocycles. The van der Waals surface area contributed by atoms with Gasteiger partial charge in [0.25, 0.3) is 0 Å². The number of nitrogens with one attached hydrogen (secondary N) is 1. The Morgan fingerprint density at radius 3 is 2.65 bits per heavy atom. The van der Waals surface area contributed by atoms with Crippen LogP contribution in [-0.4, -0.2) is 19.6 Å². The molecule has 0 bridgehead atoms. The summed E-state index contributed by atoms with van der Waals surface area (Å²) in [4.78, 5) is 10.9. The highest BCUT2D eigenvalue weighted by Gasteiger charge is 1.97. The molecule has 94 valence electrons. The molecule has 1 aromatic carbocycles. The number of hydrogen-bond acceptors (Lipinski definition) is 2. The van der Waals surface area contributed by atoms with Gasteiger partial charge >= 0.3 is 0 Å². The van der Waals surface area contributed by atoms with E-state index in [9.17, 15) is 4.79 Å². The van der Waals surface area contributed by atoms with Crippen molar-refractivity contribution < 1.29 is 9.53 Å². The van der Waals surface area contributed by atoms with Crippen molar-refractivity contribution in [1.29, 1.82) is 0 Å². The molecule has 0 atom stereocenters. The van der Waals surface area contributed by atoms with E-state index >= 15 is 0 Å². The van der Waals surface area contributed by atoms with Crippen molar-refractivity contribution in [3.8, 4) is 0 Å². The molecule has 0 aromatic heterocycles. The van der Waals surface area contributed by atoms with Crippen molar-refractivity contribution in [3.05, 3.63) is 35.9 Å². The highest BCUT2D eigenvalue weighted by atomic mass is 16.5. The quantitative estimate of drug-likeness (QED) is 0.703. The standard InChI is InChI=1S/C14H21NO2/c1-15-14(16)10-6-3-7-11-17-12-13-8-4-2-5-9-13/h2,4-5,8-9H,3,6-7,10-12H2,1H3,(H,15,16). The number of amides is 1. The van der Waals surface area contributed by atoms with Gasteiger partial charge in [0.15, 0.2) is 0 Å². The van der Waals surface area contributed by atoms with Crippen molar-refractivity contribution in [1.82, 2.24) is 5.32 Å². The number of unbranched alkanes of at least 4 members (excludes halogenated alkanes) is 2. The van der Waals surface area contributed by atoms with Gasteiger partial charge in [-0.05, 0) is 18.4 Å². The number of ether oxygens (including phenoxy) is 1. The summed E-state index contributed by atoms with van der Waals surface area (Å²) < 4.78 is 5.55. The van der Waals surface area contributed by atoms with Crippen molar-refractivity contribution in [2.75, 3.05) is 13.7 Å². The average molecular weight is 235 g/mol. The third kappa shape index (κ3) is 6.74. The van der Waals surface area contributed by atoms with Crippen LogP contribution in [0, 0.1) is 0 Å². The number of benzene rings is 1. The maximum Gasteiger partial charge on any atom is 0.219 e. The van der Waals surface area contributed by atoms with Gasteiger partial charge in [0.2, 0.25) is 5.91 Å². The molecule has 0 spiro atoms. The predicted molar refractivity (Wildman–Crippen MR) is 68.6 cm³/mol. The largest absolute Gasteiger partial charge is 0.377 e. The van der Waals surface area contributed by atoms with Crippen LogP contribution in [-0.2, 0) is 16.1 Å². The molecule has 0 aliphatic rings. The summed E-state index contributed by atoms with van der Waals surface area (Å²) in [6.45, 7) is 1.44. The second-order valence-corrected chi connectivity index (χ2v) is 4.02. The molecule has 3 heteroatoms. The van der Waals surface area contributed by atoms with E-state index in [1.807, 2.05) is 18.2 Å². The van der Waals surface area contributed by atoms with Gasteiger partial charge in [0, 0.05) is 20.1 Å². The van der Waals surface area contributed by atoms with E-state index in [1.165, 1.54) is 5.56 Å². The monoisotopic (exact) mass is 235 g/mol. The maximum absolute atomic E-state index is 10.9. The van der Waals surface area contributed by atoms with Crippen LogP contribution in [0.3, 0.4) is 0 Å². The zero-order chi connectivity index (χ0) is 12.3. The Hall–Kier alpha value is -1.35. The first kappa shape index (κ1) is 13.7. The van der Waals surface area contributed by atoms with E-state index in [0.717, 1.165) is 25.9 Å². The summed E-state index contributed by atoms with van der Waals surface area (Å²) in [6.07, 6.45) is 3.62. The Morgan fingerprint density at radius 1 is 1.18 bits per heavy atom. The van der Waals surface area contributed by atoms with Gasteiger partial charge in [-0.2, -0.15) is 0 Å². The summed E-state index contributed by atoms with van der Waals surface area (Å²) >= 11 is 0. The minimum absolute atomic E-state index is 0.121. The van der Waals surface area contributed by atoms with Gasteiger partial charge in [0.1, 0.15) is 0 Å². The molecule has 0 unspecified atom stereocenters. The van der Waals surface area contributed by atoms with E-state index in [0.29, 0.717) is 13.0 Å². The molecule has 0 heterocycles. The number of rotatable bonds is 8. The van der Waals surface area contributed by atoms with Crippen LogP contribution in [0.5, 0.6) is 0 Å². The van der Waals surface area contributed by atoms with Gasteiger partial charge in [-0.25, -0.2) is 0 Å². The van der Waals surface area contributed by atoms with Gasteiger partial charge in [-0.3, -0.25) is 4.79 Å². The molecular weight excluding hydrogens is 214 g/mol. The van der Waals surface area contributed by atoms with Crippen molar-refractivity contribution in [2.45, 2.75) is 32.3 Å². The van der Waals surface area contributed by atoms with Gasteiger partial charge in [-0.15, -0.1) is 0 Å². The molecule has 0 aliphatic carbocycles. The van der Waals surface area contributed by atoms with Crippen LogP contribution in [0.25, 0.3) is 0 Å². The van der Waals surface area contributed by atoms with Gasteiger partial charge in [-0.1, -0.05) is 36.8 Å². The van der Waals surface area contributed by atoms with E-state index in [4.69, 9.17) is 4.74 Å². The van der Waals surface area contributed by atoms with Gasteiger partial charge < -0.3 is 10.1 Å². The Labute approximate surface area is 103 Å². The molecule has 0 radical (unpaired) electrons. The first-order valence-corrected chi connectivity index (χ1v) is 6.15. The molecule has 0 aliphatic heterocycles. The molecule has 0 fully saturated rings.